The molecule has 0 aliphatic rings. The molecule has 3 amide bonds. The monoisotopic (exact) mass is 504 g/mol. The Morgan fingerprint density at radius 1 is 1.03 bits per heavy atom. The molecule has 7 N–H and O–H groups in total. The van der Waals surface area contributed by atoms with Crippen LogP contribution in [0.1, 0.15) is 24.6 Å². The van der Waals surface area contributed by atoms with E-state index in [1.807, 2.05) is 36.6 Å². The Morgan fingerprint density at radius 3 is 2.31 bits per heavy atom. The van der Waals surface area contributed by atoms with Gasteiger partial charge in [0.25, 0.3) is 0 Å². The molecular weight excluding hydrogens is 472 g/mol. The van der Waals surface area contributed by atoms with Crippen LogP contribution in [0.25, 0.3) is 0 Å². The number of hydrogen-bond acceptors (Lipinski definition) is 7. The van der Waals surface area contributed by atoms with E-state index in [0.717, 1.165) is 5.56 Å². The zero-order valence-corrected chi connectivity index (χ0v) is 20.5. The number of nitrogens with two attached hydrogens (primary N) is 1. The normalized spacial score (nSPS) is 14.3. The smallest absolute Gasteiger partial charge is 0.326 e. The summed E-state index contributed by atoms with van der Waals surface area (Å²) in [6, 6.07) is 5.24. The third-order valence-corrected chi connectivity index (χ3v) is 5.87. The molecule has 2 rings (SSSR count). The summed E-state index contributed by atoms with van der Waals surface area (Å²) >= 11 is 1.46. The van der Waals surface area contributed by atoms with Crippen LogP contribution in [0.15, 0.2) is 42.9 Å². The highest BCUT2D eigenvalue weighted by molar-refractivity contribution is 7.98. The minimum absolute atomic E-state index is 0.0927. The van der Waals surface area contributed by atoms with Crippen molar-refractivity contribution in [2.75, 3.05) is 12.0 Å². The zero-order valence-electron chi connectivity index (χ0n) is 19.7. The van der Waals surface area contributed by atoms with Crippen LogP contribution in [-0.2, 0) is 32.0 Å². The molecule has 2 aromatic rings. The summed E-state index contributed by atoms with van der Waals surface area (Å²) in [5.74, 6) is -2.37. The molecule has 11 nitrogen and oxygen atoms in total. The van der Waals surface area contributed by atoms with Crippen LogP contribution in [0, 0.1) is 0 Å². The van der Waals surface area contributed by atoms with Gasteiger partial charge in [-0.1, -0.05) is 30.3 Å². The third-order valence-electron chi connectivity index (χ3n) is 5.22. The first-order valence-electron chi connectivity index (χ1n) is 11.1. The predicted octanol–water partition coefficient (Wildman–Crippen LogP) is -0.166. The average molecular weight is 505 g/mol. The number of rotatable bonds is 14. The number of aromatic amines is 1. The molecule has 1 aromatic carbocycles. The average Bonchev–Trinajstić information content (AvgIpc) is 3.34. The number of amides is 3. The molecule has 0 fully saturated rings. The number of carbonyl (C=O) groups is 4. The molecule has 0 aliphatic carbocycles. The van der Waals surface area contributed by atoms with Gasteiger partial charge in [-0.05, 0) is 37.3 Å². The minimum atomic E-state index is -1.15. The van der Waals surface area contributed by atoms with E-state index in [4.69, 9.17) is 5.73 Å². The largest absolute Gasteiger partial charge is 0.480 e. The Morgan fingerprint density at radius 2 is 1.71 bits per heavy atom. The molecule has 4 atom stereocenters. The van der Waals surface area contributed by atoms with Gasteiger partial charge in [0.2, 0.25) is 17.7 Å². The number of aliphatic carboxylic acids is 1. The van der Waals surface area contributed by atoms with Crippen LogP contribution in [0.4, 0.5) is 0 Å². The van der Waals surface area contributed by atoms with Crippen molar-refractivity contribution in [1.29, 1.82) is 0 Å². The summed E-state index contributed by atoms with van der Waals surface area (Å²) in [4.78, 5) is 56.5. The van der Waals surface area contributed by atoms with Gasteiger partial charge in [0.1, 0.15) is 18.1 Å². The summed E-state index contributed by atoms with van der Waals surface area (Å²) < 4.78 is 0. The highest BCUT2D eigenvalue weighted by atomic mass is 32.2. The van der Waals surface area contributed by atoms with Crippen LogP contribution >= 0.6 is 11.8 Å². The van der Waals surface area contributed by atoms with E-state index in [9.17, 15) is 24.3 Å². The second-order valence-corrected chi connectivity index (χ2v) is 9.04. The number of benzene rings is 1. The van der Waals surface area contributed by atoms with Gasteiger partial charge in [0, 0.05) is 18.3 Å². The number of hydrogen-bond donors (Lipinski definition) is 6. The molecule has 0 spiro atoms. The number of imidazole rings is 1. The fraction of sp³-hybridized carbons (Fsp3) is 0.435. The van der Waals surface area contributed by atoms with Gasteiger partial charge >= 0.3 is 5.97 Å². The number of carbonyl (C=O) groups excluding carboxylic acids is 3. The Labute approximate surface area is 208 Å². The third kappa shape index (κ3) is 9.41. The lowest BCUT2D eigenvalue weighted by molar-refractivity contribution is -0.142. The maximum absolute atomic E-state index is 13.0. The first kappa shape index (κ1) is 27.9. The van der Waals surface area contributed by atoms with Crippen molar-refractivity contribution in [2.24, 2.45) is 5.73 Å². The molecule has 1 aromatic heterocycles. The Hall–Kier alpha value is -3.38. The van der Waals surface area contributed by atoms with Gasteiger partial charge in [-0.15, -0.1) is 0 Å². The van der Waals surface area contributed by atoms with Crippen molar-refractivity contribution in [3.8, 4) is 0 Å². The summed E-state index contributed by atoms with van der Waals surface area (Å²) in [7, 11) is 0. The molecule has 0 saturated heterocycles. The van der Waals surface area contributed by atoms with Gasteiger partial charge in [-0.2, -0.15) is 11.8 Å². The van der Waals surface area contributed by atoms with E-state index >= 15 is 0 Å². The molecule has 12 heteroatoms. The summed E-state index contributed by atoms with van der Waals surface area (Å²) in [5.41, 5.74) is 7.54. The van der Waals surface area contributed by atoms with Crippen LogP contribution < -0.4 is 21.7 Å². The summed E-state index contributed by atoms with van der Waals surface area (Å²) in [6.07, 6.45) is 5.44. The second-order valence-electron chi connectivity index (χ2n) is 8.05. The molecule has 4 unspecified atom stereocenters. The number of carboxylic acid groups (broad SMARTS) is 1. The van der Waals surface area contributed by atoms with E-state index in [2.05, 4.69) is 25.9 Å². The minimum Gasteiger partial charge on any atom is -0.480 e. The number of nitrogens with zero attached hydrogens (tertiary/aromatic N) is 1. The van der Waals surface area contributed by atoms with Crippen molar-refractivity contribution in [3.05, 3.63) is 54.1 Å². The first-order chi connectivity index (χ1) is 16.7. The maximum atomic E-state index is 13.0. The number of nitrogens with one attached hydrogen (secondary N) is 4. The number of aromatic nitrogens is 2. The fourth-order valence-electron chi connectivity index (χ4n) is 3.23. The standard InChI is InChI=1S/C23H32N6O5S/c1-14(20(30)28-18(23(33)34)8-9-35-2)27-22(32)19(11-16-12-25-13-26-16)29-21(31)17(24)10-15-6-4-3-5-7-15/h3-7,12-14,17-19H,8-11,24H2,1-2H3,(H,25,26)(H,27,32)(H,28,30)(H,29,31)(H,33,34). The summed E-state index contributed by atoms with van der Waals surface area (Å²) in [6.45, 7) is 1.44. The van der Waals surface area contributed by atoms with E-state index < -0.39 is 47.9 Å². The van der Waals surface area contributed by atoms with E-state index in [1.54, 1.807) is 0 Å². The van der Waals surface area contributed by atoms with Crippen molar-refractivity contribution < 1.29 is 24.3 Å². The number of H-pyrrole nitrogens is 1. The Balaban J connectivity index is 2.03. The SMILES string of the molecule is CSCCC(NC(=O)C(C)NC(=O)C(Cc1cnc[nH]1)NC(=O)C(N)Cc1ccccc1)C(=O)O. The lowest BCUT2D eigenvalue weighted by Crippen LogP contribution is -2.57. The maximum Gasteiger partial charge on any atom is 0.326 e. The van der Waals surface area contributed by atoms with Gasteiger partial charge in [0.15, 0.2) is 0 Å². The first-order valence-corrected chi connectivity index (χ1v) is 12.5. The van der Waals surface area contributed by atoms with E-state index in [0.29, 0.717) is 11.4 Å². The second kappa shape index (κ2) is 14.1. The van der Waals surface area contributed by atoms with E-state index in [1.165, 1.54) is 31.2 Å². The lowest BCUT2D eigenvalue weighted by Gasteiger charge is -2.23. The van der Waals surface area contributed by atoms with Gasteiger partial charge < -0.3 is 31.8 Å². The molecule has 0 saturated carbocycles. The molecule has 0 aliphatic heterocycles. The number of thioether (sulfide) groups is 1. The van der Waals surface area contributed by atoms with Crippen LogP contribution in [0.5, 0.6) is 0 Å². The molecule has 190 valence electrons. The lowest BCUT2D eigenvalue weighted by atomic mass is 10.0. The predicted molar refractivity (Wildman–Crippen MR) is 133 cm³/mol. The van der Waals surface area contributed by atoms with Crippen molar-refractivity contribution >= 4 is 35.5 Å². The fourth-order valence-corrected chi connectivity index (χ4v) is 3.71. The molecular formula is C23H32N6O5S. The highest BCUT2D eigenvalue weighted by Crippen LogP contribution is 2.05. The van der Waals surface area contributed by atoms with Crippen molar-refractivity contribution in [2.45, 2.75) is 50.4 Å². The zero-order chi connectivity index (χ0) is 25.8. The summed E-state index contributed by atoms with van der Waals surface area (Å²) in [5, 5.41) is 17.0. The van der Waals surface area contributed by atoms with Gasteiger partial charge in [0.05, 0.1) is 12.4 Å². The van der Waals surface area contributed by atoms with Crippen molar-refractivity contribution in [1.82, 2.24) is 25.9 Å². The molecule has 0 bridgehead atoms. The van der Waals surface area contributed by atoms with Crippen LogP contribution in [0.3, 0.4) is 0 Å². The quantitative estimate of drug-likeness (QED) is 0.205. The Bertz CT molecular complexity index is 972. The van der Waals surface area contributed by atoms with Crippen LogP contribution in [0.2, 0.25) is 0 Å². The van der Waals surface area contributed by atoms with Gasteiger partial charge in [-0.25, -0.2) is 9.78 Å². The van der Waals surface area contributed by atoms with Crippen molar-refractivity contribution in [3.63, 3.8) is 0 Å². The highest BCUT2D eigenvalue weighted by Gasteiger charge is 2.28. The van der Waals surface area contributed by atoms with E-state index in [-0.39, 0.29) is 19.3 Å². The molecule has 35 heavy (non-hydrogen) atoms. The van der Waals surface area contributed by atoms with Crippen LogP contribution in [-0.4, -0.2) is 74.9 Å². The Kier molecular flexibility index (Phi) is 11.2. The molecule has 0 radical (unpaired) electrons. The topological polar surface area (TPSA) is 179 Å². The number of carboxylic acids is 1. The van der Waals surface area contributed by atoms with Gasteiger partial charge in [-0.3, -0.25) is 14.4 Å². The molecule has 1 heterocycles.